The van der Waals surface area contributed by atoms with Gasteiger partial charge in [-0.2, -0.15) is 0 Å². The third-order valence-electron chi connectivity index (χ3n) is 3.89. The van der Waals surface area contributed by atoms with Crippen molar-refractivity contribution in [1.29, 1.82) is 0 Å². The number of benzene rings is 1. The molecule has 0 bridgehead atoms. The lowest BCUT2D eigenvalue weighted by Gasteiger charge is -2.19. The second-order valence-corrected chi connectivity index (χ2v) is 6.38. The molecule has 7 heteroatoms. The molecule has 2 amide bonds. The highest BCUT2D eigenvalue weighted by Crippen LogP contribution is 2.24. The number of nitrogens with one attached hydrogen (secondary N) is 1. The first kappa shape index (κ1) is 18.0. The molecule has 2 heterocycles. The second kappa shape index (κ2) is 8.03. The van der Waals surface area contributed by atoms with Gasteiger partial charge in [0, 0.05) is 25.2 Å². The Kier molecular flexibility index (Phi) is 5.55. The summed E-state index contributed by atoms with van der Waals surface area (Å²) in [6, 6.07) is 9.27. The lowest BCUT2D eigenvalue weighted by molar-refractivity contribution is 0.194. The maximum Gasteiger partial charge on any atom is 0.323 e. The second-order valence-electron chi connectivity index (χ2n) is 6.38. The maximum atomic E-state index is 13.2. The van der Waals surface area contributed by atoms with E-state index in [1.807, 2.05) is 13.8 Å². The Bertz CT molecular complexity index is 769. The number of rotatable bonds is 5. The van der Waals surface area contributed by atoms with Gasteiger partial charge >= 0.3 is 6.03 Å². The summed E-state index contributed by atoms with van der Waals surface area (Å²) in [7, 11) is 0. The molecule has 3 rings (SSSR count). The van der Waals surface area contributed by atoms with E-state index < -0.39 is 0 Å². The SMILES string of the molecule is CC(C)Oc1cccnc1NC(=O)N1CC[C@@H](Oc2cccc(F)c2)C1. The maximum absolute atomic E-state index is 13.2. The van der Waals surface area contributed by atoms with E-state index in [0.29, 0.717) is 36.8 Å². The van der Waals surface area contributed by atoms with Crippen molar-refractivity contribution in [2.75, 3.05) is 18.4 Å². The number of anilines is 1. The van der Waals surface area contributed by atoms with Crippen molar-refractivity contribution in [2.45, 2.75) is 32.5 Å². The van der Waals surface area contributed by atoms with E-state index in [-0.39, 0.29) is 24.1 Å². The third-order valence-corrected chi connectivity index (χ3v) is 3.89. The predicted molar refractivity (Wildman–Crippen MR) is 96.0 cm³/mol. The molecule has 1 saturated heterocycles. The molecule has 0 radical (unpaired) electrons. The summed E-state index contributed by atoms with van der Waals surface area (Å²) in [4.78, 5) is 18.3. The number of halogens is 1. The van der Waals surface area contributed by atoms with Crippen LogP contribution in [-0.4, -0.2) is 41.2 Å². The van der Waals surface area contributed by atoms with Gasteiger partial charge in [-0.05, 0) is 38.1 Å². The quantitative estimate of drug-likeness (QED) is 0.884. The van der Waals surface area contributed by atoms with Crippen molar-refractivity contribution in [2.24, 2.45) is 0 Å². The Morgan fingerprint density at radius 1 is 1.35 bits per heavy atom. The fourth-order valence-electron chi connectivity index (χ4n) is 2.76. The first-order valence-electron chi connectivity index (χ1n) is 8.61. The molecule has 1 atom stereocenters. The van der Waals surface area contributed by atoms with Gasteiger partial charge in [-0.3, -0.25) is 5.32 Å². The fourth-order valence-corrected chi connectivity index (χ4v) is 2.76. The number of carbonyl (C=O) groups excluding carboxylic acids is 1. The minimum Gasteiger partial charge on any atom is -0.488 e. The number of ether oxygens (including phenoxy) is 2. The van der Waals surface area contributed by atoms with Gasteiger partial charge in [0.2, 0.25) is 0 Å². The van der Waals surface area contributed by atoms with Crippen LogP contribution in [0.15, 0.2) is 42.6 Å². The average Bonchev–Trinajstić information content (AvgIpc) is 3.05. The van der Waals surface area contributed by atoms with Gasteiger partial charge in [-0.25, -0.2) is 14.2 Å². The summed E-state index contributed by atoms with van der Waals surface area (Å²) >= 11 is 0. The Morgan fingerprint density at radius 3 is 2.96 bits per heavy atom. The van der Waals surface area contributed by atoms with Crippen LogP contribution in [0.25, 0.3) is 0 Å². The number of aromatic nitrogens is 1. The van der Waals surface area contributed by atoms with Gasteiger partial charge in [0.1, 0.15) is 17.7 Å². The fraction of sp³-hybridized carbons (Fsp3) is 0.368. The van der Waals surface area contributed by atoms with Gasteiger partial charge in [-0.15, -0.1) is 0 Å². The molecule has 6 nitrogen and oxygen atoms in total. The molecule has 1 aromatic heterocycles. The van der Waals surface area contributed by atoms with E-state index >= 15 is 0 Å². The third kappa shape index (κ3) is 4.62. The first-order chi connectivity index (χ1) is 12.5. The summed E-state index contributed by atoms with van der Waals surface area (Å²) in [6.07, 6.45) is 2.09. The van der Waals surface area contributed by atoms with E-state index in [2.05, 4.69) is 10.3 Å². The topological polar surface area (TPSA) is 63.7 Å². The highest BCUT2D eigenvalue weighted by Gasteiger charge is 2.28. The molecule has 0 saturated carbocycles. The zero-order chi connectivity index (χ0) is 18.5. The van der Waals surface area contributed by atoms with Gasteiger partial charge in [0.15, 0.2) is 11.6 Å². The van der Waals surface area contributed by atoms with Gasteiger partial charge in [0.05, 0.1) is 12.6 Å². The molecule has 0 aliphatic carbocycles. The van der Waals surface area contributed by atoms with Gasteiger partial charge in [0.25, 0.3) is 0 Å². The van der Waals surface area contributed by atoms with Crippen LogP contribution in [0.3, 0.4) is 0 Å². The highest BCUT2D eigenvalue weighted by molar-refractivity contribution is 5.89. The van der Waals surface area contributed by atoms with Crippen LogP contribution in [0.2, 0.25) is 0 Å². The van der Waals surface area contributed by atoms with E-state index in [0.717, 1.165) is 0 Å². The van der Waals surface area contributed by atoms with Crippen molar-refractivity contribution in [1.82, 2.24) is 9.88 Å². The number of carbonyl (C=O) groups is 1. The standard InChI is InChI=1S/C19H22FN3O3/c1-13(2)25-17-7-4-9-21-18(17)22-19(24)23-10-8-16(12-23)26-15-6-3-5-14(20)11-15/h3-7,9,11,13,16H,8,10,12H2,1-2H3,(H,21,22,24)/t16-/m1/s1. The summed E-state index contributed by atoms with van der Waals surface area (Å²) in [6.45, 7) is 4.80. The predicted octanol–water partition coefficient (Wildman–Crippen LogP) is 3.69. The van der Waals surface area contributed by atoms with E-state index in [1.54, 1.807) is 35.4 Å². The number of likely N-dealkylation sites (tertiary alicyclic amines) is 1. The van der Waals surface area contributed by atoms with Crippen LogP contribution in [0.5, 0.6) is 11.5 Å². The Hall–Kier alpha value is -2.83. The number of hydrogen-bond acceptors (Lipinski definition) is 4. The number of nitrogens with zero attached hydrogens (tertiary/aromatic N) is 2. The number of amides is 2. The molecule has 138 valence electrons. The molecule has 0 unspecified atom stereocenters. The van der Waals surface area contributed by atoms with Crippen molar-refractivity contribution in [3.8, 4) is 11.5 Å². The monoisotopic (exact) mass is 359 g/mol. The lowest BCUT2D eigenvalue weighted by Crippen LogP contribution is -2.35. The van der Waals surface area contributed by atoms with Crippen molar-refractivity contribution < 1.29 is 18.7 Å². The summed E-state index contributed by atoms with van der Waals surface area (Å²) < 4.78 is 24.7. The molecule has 1 N–H and O–H groups in total. The van der Waals surface area contributed by atoms with Crippen molar-refractivity contribution in [3.05, 3.63) is 48.4 Å². The highest BCUT2D eigenvalue weighted by atomic mass is 19.1. The molecule has 1 fully saturated rings. The number of urea groups is 1. The van der Waals surface area contributed by atoms with E-state index in [4.69, 9.17) is 9.47 Å². The molecule has 0 spiro atoms. The molecule has 2 aromatic rings. The summed E-state index contributed by atoms with van der Waals surface area (Å²) in [5.74, 6) is 1.04. The van der Waals surface area contributed by atoms with Crippen LogP contribution >= 0.6 is 0 Å². The molecule has 1 aliphatic rings. The van der Waals surface area contributed by atoms with Crippen LogP contribution < -0.4 is 14.8 Å². The minimum absolute atomic E-state index is 0.0225. The average molecular weight is 359 g/mol. The van der Waals surface area contributed by atoms with Gasteiger partial charge in [-0.1, -0.05) is 6.07 Å². The number of pyridine rings is 1. The van der Waals surface area contributed by atoms with Crippen LogP contribution in [0.4, 0.5) is 15.0 Å². The van der Waals surface area contributed by atoms with Crippen LogP contribution in [-0.2, 0) is 0 Å². The van der Waals surface area contributed by atoms with Crippen molar-refractivity contribution in [3.63, 3.8) is 0 Å². The van der Waals surface area contributed by atoms with Crippen molar-refractivity contribution >= 4 is 11.8 Å². The van der Waals surface area contributed by atoms with E-state index in [9.17, 15) is 9.18 Å². The summed E-state index contributed by atoms with van der Waals surface area (Å²) in [5, 5.41) is 2.79. The Balaban J connectivity index is 1.58. The molecule has 1 aromatic carbocycles. The molecular weight excluding hydrogens is 337 g/mol. The minimum atomic E-state index is -0.345. The van der Waals surface area contributed by atoms with Crippen LogP contribution in [0, 0.1) is 5.82 Å². The van der Waals surface area contributed by atoms with Crippen LogP contribution in [0.1, 0.15) is 20.3 Å². The zero-order valence-corrected chi connectivity index (χ0v) is 14.8. The number of hydrogen-bond donors (Lipinski definition) is 1. The zero-order valence-electron chi connectivity index (χ0n) is 14.8. The first-order valence-corrected chi connectivity index (χ1v) is 8.61. The Labute approximate surface area is 151 Å². The molecule has 1 aliphatic heterocycles. The molecular formula is C19H22FN3O3. The van der Waals surface area contributed by atoms with Gasteiger partial charge < -0.3 is 14.4 Å². The molecule has 26 heavy (non-hydrogen) atoms. The lowest BCUT2D eigenvalue weighted by atomic mass is 10.3. The Morgan fingerprint density at radius 2 is 2.19 bits per heavy atom. The normalized spacial score (nSPS) is 16.6. The largest absolute Gasteiger partial charge is 0.488 e. The summed E-state index contributed by atoms with van der Waals surface area (Å²) in [5.41, 5.74) is 0. The smallest absolute Gasteiger partial charge is 0.323 e. The van der Waals surface area contributed by atoms with E-state index in [1.165, 1.54) is 12.1 Å².